The highest BCUT2D eigenvalue weighted by atomic mass is 15.1. The van der Waals surface area contributed by atoms with Crippen molar-refractivity contribution >= 4 is 11.4 Å². The molecule has 0 fully saturated rings. The van der Waals surface area contributed by atoms with Gasteiger partial charge in [0.2, 0.25) is 0 Å². The van der Waals surface area contributed by atoms with E-state index in [1.807, 2.05) is 6.07 Å². The number of nitrogens with zero attached hydrogens (tertiary/aromatic N) is 2. The minimum Gasteiger partial charge on any atom is -0.398 e. The number of benzene rings is 1. The van der Waals surface area contributed by atoms with Gasteiger partial charge in [-0.2, -0.15) is 0 Å². The van der Waals surface area contributed by atoms with Crippen LogP contribution in [0.5, 0.6) is 0 Å². The quantitative estimate of drug-likeness (QED) is 0.717. The average Bonchev–Trinajstić information content (AvgIpc) is 2.45. The molecule has 1 rings (SSSR count). The molecule has 4 N–H and O–H groups in total. The molecule has 0 aliphatic rings. The number of hydrogen-bond acceptors (Lipinski definition) is 4. The maximum absolute atomic E-state index is 6.12. The molecule has 0 saturated heterocycles. The predicted molar refractivity (Wildman–Crippen MR) is 88.5 cm³/mol. The molecule has 0 aliphatic heterocycles. The van der Waals surface area contributed by atoms with Gasteiger partial charge in [0, 0.05) is 24.5 Å². The van der Waals surface area contributed by atoms with Crippen molar-refractivity contribution in [1.82, 2.24) is 9.80 Å². The van der Waals surface area contributed by atoms with E-state index < -0.39 is 0 Å². The second-order valence-corrected chi connectivity index (χ2v) is 5.17. The molecule has 4 heteroatoms. The Morgan fingerprint density at radius 2 is 1.05 bits per heavy atom. The van der Waals surface area contributed by atoms with Gasteiger partial charge in [-0.05, 0) is 49.4 Å². The lowest BCUT2D eigenvalue weighted by Crippen LogP contribution is -2.24. The first-order valence-electron chi connectivity index (χ1n) is 7.66. The minimum absolute atomic E-state index is 0.803. The van der Waals surface area contributed by atoms with Crippen LogP contribution in [0.4, 0.5) is 11.4 Å². The van der Waals surface area contributed by atoms with Crippen LogP contribution >= 0.6 is 0 Å². The zero-order valence-corrected chi connectivity index (χ0v) is 13.4. The third-order valence-electron chi connectivity index (χ3n) is 3.98. The van der Waals surface area contributed by atoms with Gasteiger partial charge in [-0.15, -0.1) is 0 Å². The summed E-state index contributed by atoms with van der Waals surface area (Å²) >= 11 is 0. The first-order valence-corrected chi connectivity index (χ1v) is 7.66. The molecule has 0 bridgehead atoms. The van der Waals surface area contributed by atoms with Gasteiger partial charge in [-0.25, -0.2) is 0 Å². The smallest absolute Gasteiger partial charge is 0.0380 e. The summed E-state index contributed by atoms with van der Waals surface area (Å²) in [6.45, 7) is 14.6. The Kier molecular flexibility index (Phi) is 6.82. The van der Waals surface area contributed by atoms with Gasteiger partial charge in [-0.3, -0.25) is 9.80 Å². The van der Waals surface area contributed by atoms with Crippen molar-refractivity contribution < 1.29 is 0 Å². The maximum atomic E-state index is 6.12. The largest absolute Gasteiger partial charge is 0.398 e. The fraction of sp³-hybridized carbons (Fsp3) is 0.625. The predicted octanol–water partition coefficient (Wildman–Crippen LogP) is 2.53. The molecule has 0 spiro atoms. The Hall–Kier alpha value is -1.26. The highest BCUT2D eigenvalue weighted by Gasteiger charge is 2.11. The van der Waals surface area contributed by atoms with E-state index in [2.05, 4.69) is 43.6 Å². The van der Waals surface area contributed by atoms with E-state index in [0.29, 0.717) is 0 Å². The van der Waals surface area contributed by atoms with Crippen molar-refractivity contribution in [2.75, 3.05) is 37.6 Å². The molecule has 0 unspecified atom stereocenters. The highest BCUT2D eigenvalue weighted by Crippen LogP contribution is 2.23. The van der Waals surface area contributed by atoms with Gasteiger partial charge in [0.25, 0.3) is 0 Å². The van der Waals surface area contributed by atoms with E-state index >= 15 is 0 Å². The van der Waals surface area contributed by atoms with E-state index in [-0.39, 0.29) is 0 Å². The molecule has 0 heterocycles. The summed E-state index contributed by atoms with van der Waals surface area (Å²) in [6.07, 6.45) is 0. The number of hydrogen-bond donors (Lipinski definition) is 2. The summed E-state index contributed by atoms with van der Waals surface area (Å²) in [7, 11) is 0. The normalized spacial score (nSPS) is 11.5. The lowest BCUT2D eigenvalue weighted by molar-refractivity contribution is 0.292. The highest BCUT2D eigenvalue weighted by molar-refractivity contribution is 5.61. The van der Waals surface area contributed by atoms with E-state index in [4.69, 9.17) is 11.5 Å². The van der Waals surface area contributed by atoms with Crippen molar-refractivity contribution in [3.63, 3.8) is 0 Å². The summed E-state index contributed by atoms with van der Waals surface area (Å²) in [5.74, 6) is 0. The fourth-order valence-corrected chi connectivity index (χ4v) is 2.38. The molecule has 1 aromatic rings. The first kappa shape index (κ1) is 16.8. The molecule has 0 atom stereocenters. The molecular weight excluding hydrogens is 248 g/mol. The van der Waals surface area contributed by atoms with Gasteiger partial charge >= 0.3 is 0 Å². The Morgan fingerprint density at radius 1 is 0.700 bits per heavy atom. The standard InChI is InChI=1S/C16H30N4/c1-5-19(6-2)11-13-9-14(12-20(7-3)8-4)16(18)10-15(13)17/h9-10H,5-8,11-12,17-18H2,1-4H3. The lowest BCUT2D eigenvalue weighted by atomic mass is 10.1. The number of anilines is 2. The first-order chi connectivity index (χ1) is 9.55. The zero-order valence-electron chi connectivity index (χ0n) is 13.4. The van der Waals surface area contributed by atoms with Crippen LogP contribution in [0, 0.1) is 0 Å². The number of rotatable bonds is 8. The molecule has 0 aliphatic carbocycles. The summed E-state index contributed by atoms with van der Waals surface area (Å²) in [5, 5.41) is 0. The molecule has 20 heavy (non-hydrogen) atoms. The zero-order chi connectivity index (χ0) is 15.1. The number of nitrogen functional groups attached to an aromatic ring is 2. The molecular formula is C16H30N4. The monoisotopic (exact) mass is 278 g/mol. The second kappa shape index (κ2) is 8.12. The summed E-state index contributed by atoms with van der Waals surface area (Å²) in [6, 6.07) is 4.10. The lowest BCUT2D eigenvalue weighted by Gasteiger charge is -2.23. The van der Waals surface area contributed by atoms with Crippen molar-refractivity contribution in [2.24, 2.45) is 0 Å². The van der Waals surface area contributed by atoms with E-state index in [9.17, 15) is 0 Å². The van der Waals surface area contributed by atoms with Crippen molar-refractivity contribution in [3.8, 4) is 0 Å². The Bertz CT molecular complexity index is 374. The van der Waals surface area contributed by atoms with Gasteiger partial charge in [0.05, 0.1) is 0 Å². The van der Waals surface area contributed by atoms with Crippen LogP contribution in [-0.4, -0.2) is 36.0 Å². The second-order valence-electron chi connectivity index (χ2n) is 5.17. The van der Waals surface area contributed by atoms with Gasteiger partial charge < -0.3 is 11.5 Å². The Morgan fingerprint density at radius 3 is 1.35 bits per heavy atom. The van der Waals surface area contributed by atoms with Crippen LogP contribution < -0.4 is 11.5 Å². The Labute approximate surface area is 123 Å². The topological polar surface area (TPSA) is 58.5 Å². The maximum Gasteiger partial charge on any atom is 0.0380 e. The average molecular weight is 278 g/mol. The summed E-state index contributed by atoms with van der Waals surface area (Å²) in [5.41, 5.74) is 16.2. The van der Waals surface area contributed by atoms with Crippen LogP contribution in [0.3, 0.4) is 0 Å². The van der Waals surface area contributed by atoms with Gasteiger partial charge in [-0.1, -0.05) is 27.7 Å². The third kappa shape index (κ3) is 4.39. The van der Waals surface area contributed by atoms with E-state index in [0.717, 1.165) is 50.6 Å². The third-order valence-corrected chi connectivity index (χ3v) is 3.98. The SMILES string of the molecule is CCN(CC)Cc1cc(CN(CC)CC)c(N)cc1N. The number of nitrogens with two attached hydrogens (primary N) is 2. The summed E-state index contributed by atoms with van der Waals surface area (Å²) < 4.78 is 0. The van der Waals surface area contributed by atoms with Crippen LogP contribution in [0.1, 0.15) is 38.8 Å². The molecule has 1 aromatic carbocycles. The van der Waals surface area contributed by atoms with Crippen LogP contribution in [0.2, 0.25) is 0 Å². The van der Waals surface area contributed by atoms with Gasteiger partial charge in [0.15, 0.2) is 0 Å². The van der Waals surface area contributed by atoms with Gasteiger partial charge in [0.1, 0.15) is 0 Å². The molecule has 0 saturated carbocycles. The summed E-state index contributed by atoms with van der Waals surface area (Å²) in [4.78, 5) is 4.73. The molecule has 0 radical (unpaired) electrons. The van der Waals surface area contributed by atoms with Crippen molar-refractivity contribution in [1.29, 1.82) is 0 Å². The molecule has 114 valence electrons. The Balaban J connectivity index is 2.96. The molecule has 0 amide bonds. The van der Waals surface area contributed by atoms with E-state index in [1.165, 1.54) is 11.1 Å². The molecule has 0 aromatic heterocycles. The molecule has 4 nitrogen and oxygen atoms in total. The van der Waals surface area contributed by atoms with Crippen molar-refractivity contribution in [2.45, 2.75) is 40.8 Å². The van der Waals surface area contributed by atoms with Crippen molar-refractivity contribution in [3.05, 3.63) is 23.3 Å². The minimum atomic E-state index is 0.803. The van der Waals surface area contributed by atoms with Crippen LogP contribution in [-0.2, 0) is 13.1 Å². The van der Waals surface area contributed by atoms with Crippen LogP contribution in [0.25, 0.3) is 0 Å². The van der Waals surface area contributed by atoms with E-state index in [1.54, 1.807) is 0 Å². The fourth-order valence-electron chi connectivity index (χ4n) is 2.38. The van der Waals surface area contributed by atoms with Crippen LogP contribution in [0.15, 0.2) is 12.1 Å².